The summed E-state index contributed by atoms with van der Waals surface area (Å²) in [5.74, 6) is 1.01. The average Bonchev–Trinajstić information content (AvgIpc) is 2.94. The predicted molar refractivity (Wildman–Crippen MR) is 91.9 cm³/mol. The van der Waals surface area contributed by atoms with Crippen LogP contribution >= 0.6 is 15.9 Å². The lowest BCUT2D eigenvalue weighted by atomic mass is 10.2. The van der Waals surface area contributed by atoms with Crippen LogP contribution in [0.25, 0.3) is 0 Å². The number of rotatable bonds is 8. The maximum atomic E-state index is 5.83. The molecule has 3 nitrogen and oxygen atoms in total. The van der Waals surface area contributed by atoms with Gasteiger partial charge in [0.15, 0.2) is 0 Å². The second kappa shape index (κ2) is 8.76. The molecule has 1 aromatic carbocycles. The molecule has 0 bridgehead atoms. The summed E-state index contributed by atoms with van der Waals surface area (Å²) in [5, 5.41) is 3.61. The van der Waals surface area contributed by atoms with E-state index in [0.717, 1.165) is 42.9 Å². The summed E-state index contributed by atoms with van der Waals surface area (Å²) in [6.07, 6.45) is 3.69. The molecular formula is C17H27BrN2O. The molecule has 0 saturated carbocycles. The Balaban J connectivity index is 1.88. The molecule has 2 rings (SSSR count). The first-order valence-corrected chi connectivity index (χ1v) is 8.89. The Hall–Kier alpha value is -0.580. The number of benzene rings is 1. The van der Waals surface area contributed by atoms with Crippen LogP contribution in [0.2, 0.25) is 0 Å². The van der Waals surface area contributed by atoms with Crippen molar-refractivity contribution >= 4 is 15.9 Å². The number of hydrogen-bond donors (Lipinski definition) is 1. The molecule has 0 aromatic heterocycles. The van der Waals surface area contributed by atoms with E-state index in [1.54, 1.807) is 0 Å². The van der Waals surface area contributed by atoms with Crippen molar-refractivity contribution in [3.05, 3.63) is 28.2 Å². The smallest absolute Gasteiger partial charge is 0.123 e. The molecule has 1 fully saturated rings. The maximum Gasteiger partial charge on any atom is 0.123 e. The van der Waals surface area contributed by atoms with Gasteiger partial charge >= 0.3 is 0 Å². The number of ether oxygens (including phenoxy) is 1. The molecule has 0 unspecified atom stereocenters. The third-order valence-corrected chi connectivity index (χ3v) is 4.58. The molecule has 118 valence electrons. The van der Waals surface area contributed by atoms with E-state index in [-0.39, 0.29) is 0 Å². The van der Waals surface area contributed by atoms with E-state index in [4.69, 9.17) is 4.74 Å². The van der Waals surface area contributed by atoms with Crippen LogP contribution < -0.4 is 10.1 Å². The molecule has 1 atom stereocenters. The summed E-state index contributed by atoms with van der Waals surface area (Å²) in [5.41, 5.74) is 1.24. The lowest BCUT2D eigenvalue weighted by Gasteiger charge is -2.23. The van der Waals surface area contributed by atoms with Crippen molar-refractivity contribution in [2.45, 2.75) is 45.7 Å². The number of hydrogen-bond acceptors (Lipinski definition) is 3. The molecular weight excluding hydrogens is 328 g/mol. The third-order valence-electron chi connectivity index (χ3n) is 4.08. The topological polar surface area (TPSA) is 24.5 Å². The van der Waals surface area contributed by atoms with Crippen molar-refractivity contribution < 1.29 is 4.74 Å². The molecule has 21 heavy (non-hydrogen) atoms. The molecule has 1 N–H and O–H groups in total. The first kappa shape index (κ1) is 16.8. The molecule has 0 amide bonds. The zero-order chi connectivity index (χ0) is 15.1. The fourth-order valence-electron chi connectivity index (χ4n) is 2.96. The largest absolute Gasteiger partial charge is 0.493 e. The minimum absolute atomic E-state index is 0.696. The van der Waals surface area contributed by atoms with E-state index in [0.29, 0.717) is 6.04 Å². The Kier molecular flexibility index (Phi) is 7.00. The fourth-order valence-corrected chi connectivity index (χ4v) is 3.36. The molecule has 0 aliphatic carbocycles. The van der Waals surface area contributed by atoms with Crippen molar-refractivity contribution in [1.82, 2.24) is 10.2 Å². The highest BCUT2D eigenvalue weighted by Crippen LogP contribution is 2.23. The normalized spacial score (nSPS) is 19.1. The van der Waals surface area contributed by atoms with Gasteiger partial charge in [0.1, 0.15) is 5.75 Å². The lowest BCUT2D eigenvalue weighted by molar-refractivity contribution is 0.259. The van der Waals surface area contributed by atoms with Gasteiger partial charge in [-0.2, -0.15) is 0 Å². The molecule has 0 radical (unpaired) electrons. The molecule has 1 aliphatic heterocycles. The van der Waals surface area contributed by atoms with Crippen LogP contribution in [0.5, 0.6) is 5.75 Å². The number of halogens is 1. The molecule has 1 aromatic rings. The van der Waals surface area contributed by atoms with Crippen molar-refractivity contribution in [1.29, 1.82) is 0 Å². The second-order valence-corrected chi connectivity index (χ2v) is 6.57. The van der Waals surface area contributed by atoms with Crippen LogP contribution in [0.3, 0.4) is 0 Å². The summed E-state index contributed by atoms with van der Waals surface area (Å²) in [6, 6.07) is 6.96. The summed E-state index contributed by atoms with van der Waals surface area (Å²) in [7, 11) is 0. The Bertz CT molecular complexity index is 439. The standard InChI is InChI=1S/C17H27BrN2O/c1-3-10-21-17-8-7-15(18)11-14(17)12-19-13-16-6-5-9-20(16)4-2/h7-8,11,16,19H,3-6,9-10,12-13H2,1-2H3/t16-/m1/s1. The van der Waals surface area contributed by atoms with Gasteiger partial charge in [-0.25, -0.2) is 0 Å². The highest BCUT2D eigenvalue weighted by Gasteiger charge is 2.22. The van der Waals surface area contributed by atoms with Gasteiger partial charge in [0.05, 0.1) is 6.61 Å². The van der Waals surface area contributed by atoms with E-state index in [1.165, 1.54) is 24.9 Å². The molecule has 1 saturated heterocycles. The summed E-state index contributed by atoms with van der Waals surface area (Å²) in [6.45, 7) is 9.51. The maximum absolute atomic E-state index is 5.83. The van der Waals surface area contributed by atoms with Crippen molar-refractivity contribution in [2.24, 2.45) is 0 Å². The van der Waals surface area contributed by atoms with Gasteiger partial charge in [-0.05, 0) is 50.6 Å². The zero-order valence-corrected chi connectivity index (χ0v) is 14.8. The van der Waals surface area contributed by atoms with Crippen LogP contribution in [0.4, 0.5) is 0 Å². The highest BCUT2D eigenvalue weighted by atomic mass is 79.9. The lowest BCUT2D eigenvalue weighted by Crippen LogP contribution is -2.37. The molecule has 4 heteroatoms. The van der Waals surface area contributed by atoms with E-state index < -0.39 is 0 Å². The SMILES string of the molecule is CCCOc1ccc(Br)cc1CNC[C@H]1CCCN1CC. The Labute approximate surface area is 137 Å². The minimum atomic E-state index is 0.696. The van der Waals surface area contributed by atoms with Gasteiger partial charge in [0.2, 0.25) is 0 Å². The molecule has 1 aliphatic rings. The number of nitrogens with zero attached hydrogens (tertiary/aromatic N) is 1. The summed E-state index contributed by atoms with van der Waals surface area (Å²) >= 11 is 3.55. The van der Waals surface area contributed by atoms with E-state index in [1.807, 2.05) is 6.07 Å². The highest BCUT2D eigenvalue weighted by molar-refractivity contribution is 9.10. The quantitative estimate of drug-likeness (QED) is 0.767. The first-order chi connectivity index (χ1) is 10.2. The molecule has 1 heterocycles. The Morgan fingerprint density at radius 1 is 1.38 bits per heavy atom. The first-order valence-electron chi connectivity index (χ1n) is 8.10. The van der Waals surface area contributed by atoms with Gasteiger partial charge in [-0.15, -0.1) is 0 Å². The van der Waals surface area contributed by atoms with Gasteiger partial charge in [-0.1, -0.05) is 29.8 Å². The van der Waals surface area contributed by atoms with Crippen LogP contribution in [0.15, 0.2) is 22.7 Å². The fraction of sp³-hybridized carbons (Fsp3) is 0.647. The van der Waals surface area contributed by atoms with Crippen LogP contribution in [-0.4, -0.2) is 37.2 Å². The van der Waals surface area contributed by atoms with E-state index in [2.05, 4.69) is 52.1 Å². The van der Waals surface area contributed by atoms with Gasteiger partial charge in [0, 0.05) is 29.2 Å². The van der Waals surface area contributed by atoms with Crippen molar-refractivity contribution in [3.63, 3.8) is 0 Å². The zero-order valence-electron chi connectivity index (χ0n) is 13.2. The monoisotopic (exact) mass is 354 g/mol. The van der Waals surface area contributed by atoms with Crippen LogP contribution in [-0.2, 0) is 6.54 Å². The van der Waals surface area contributed by atoms with Crippen LogP contribution in [0.1, 0.15) is 38.7 Å². The van der Waals surface area contributed by atoms with Crippen LogP contribution in [0, 0.1) is 0 Å². The third kappa shape index (κ3) is 4.97. The van der Waals surface area contributed by atoms with Crippen molar-refractivity contribution in [2.75, 3.05) is 26.2 Å². The Morgan fingerprint density at radius 3 is 3.00 bits per heavy atom. The number of likely N-dealkylation sites (tertiary alicyclic amines) is 1. The van der Waals surface area contributed by atoms with E-state index >= 15 is 0 Å². The second-order valence-electron chi connectivity index (χ2n) is 5.66. The van der Waals surface area contributed by atoms with Crippen molar-refractivity contribution in [3.8, 4) is 5.75 Å². The van der Waals surface area contributed by atoms with E-state index in [9.17, 15) is 0 Å². The number of nitrogens with one attached hydrogen (secondary N) is 1. The predicted octanol–water partition coefficient (Wildman–Crippen LogP) is 3.81. The summed E-state index contributed by atoms with van der Waals surface area (Å²) in [4.78, 5) is 2.57. The Morgan fingerprint density at radius 2 is 2.24 bits per heavy atom. The summed E-state index contributed by atoms with van der Waals surface area (Å²) < 4.78 is 6.95. The minimum Gasteiger partial charge on any atom is -0.493 e. The average molecular weight is 355 g/mol. The number of likely N-dealkylation sites (N-methyl/N-ethyl adjacent to an activating group) is 1. The van der Waals surface area contributed by atoms with Gasteiger partial charge in [-0.3, -0.25) is 4.90 Å². The molecule has 0 spiro atoms. The van der Waals surface area contributed by atoms with Gasteiger partial charge < -0.3 is 10.1 Å². The van der Waals surface area contributed by atoms with Gasteiger partial charge in [0.25, 0.3) is 0 Å².